The lowest BCUT2D eigenvalue weighted by molar-refractivity contribution is -0.136. The Hall–Kier alpha value is -5.27. The van der Waals surface area contributed by atoms with Crippen molar-refractivity contribution in [3.63, 3.8) is 0 Å². The minimum Gasteiger partial charge on any atom is -0.434 e. The lowest BCUT2D eigenvalue weighted by Gasteiger charge is -2.20. The van der Waals surface area contributed by atoms with Crippen molar-refractivity contribution < 1.29 is 17.6 Å². The van der Waals surface area contributed by atoms with Gasteiger partial charge in [-0.1, -0.05) is 12.8 Å². The number of anilines is 1. The van der Waals surface area contributed by atoms with Crippen LogP contribution in [0.1, 0.15) is 49.3 Å². The second kappa shape index (κ2) is 12.3. The number of pyridine rings is 1. The molecule has 0 radical (unpaired) electrons. The second-order valence-electron chi connectivity index (χ2n) is 11.5. The van der Waals surface area contributed by atoms with Gasteiger partial charge in [-0.3, -0.25) is 0 Å². The van der Waals surface area contributed by atoms with Crippen molar-refractivity contribution >= 4 is 16.9 Å². The molecule has 1 fully saturated rings. The summed E-state index contributed by atoms with van der Waals surface area (Å²) in [5.74, 6) is 0.926. The predicted molar refractivity (Wildman–Crippen MR) is 165 cm³/mol. The number of aromatic nitrogens is 5. The molecule has 0 atom stereocenters. The number of hydrogen-bond acceptors (Lipinski definition) is 9. The Balaban J connectivity index is 1.43. The topological polar surface area (TPSA) is 141 Å². The fraction of sp³-hybridized carbons (Fsp3) is 0.333. The van der Waals surface area contributed by atoms with Gasteiger partial charge in [0.2, 0.25) is 5.89 Å². The van der Waals surface area contributed by atoms with Gasteiger partial charge in [-0.05, 0) is 78.9 Å². The first-order valence-electron chi connectivity index (χ1n) is 14.9. The largest absolute Gasteiger partial charge is 0.434 e. The predicted octanol–water partition coefficient (Wildman–Crippen LogP) is 6.85. The molecule has 0 bridgehead atoms. The van der Waals surface area contributed by atoms with Crippen molar-refractivity contribution in [3.05, 3.63) is 65.5 Å². The van der Waals surface area contributed by atoms with E-state index in [1.165, 1.54) is 0 Å². The first-order valence-corrected chi connectivity index (χ1v) is 14.9. The number of fused-ring (bicyclic) bond motifs is 1. The minimum absolute atomic E-state index is 0.0425. The summed E-state index contributed by atoms with van der Waals surface area (Å²) in [6.45, 7) is 2.97. The van der Waals surface area contributed by atoms with E-state index in [1.807, 2.05) is 6.92 Å². The van der Waals surface area contributed by atoms with E-state index in [2.05, 4.69) is 42.9 Å². The van der Waals surface area contributed by atoms with Crippen LogP contribution in [0.25, 0.3) is 45.2 Å². The maximum atomic E-state index is 14.3. The van der Waals surface area contributed by atoms with Crippen LogP contribution in [0.5, 0.6) is 0 Å². The van der Waals surface area contributed by atoms with E-state index in [-0.39, 0.29) is 29.2 Å². The first-order chi connectivity index (χ1) is 22.1. The van der Waals surface area contributed by atoms with Crippen molar-refractivity contribution in [3.8, 4) is 46.2 Å². The number of oxazole rings is 1. The number of nitriles is 2. The van der Waals surface area contributed by atoms with Crippen molar-refractivity contribution in [2.45, 2.75) is 45.3 Å². The van der Waals surface area contributed by atoms with Crippen LogP contribution in [0.15, 0.2) is 53.2 Å². The quantitative estimate of drug-likeness (QED) is 0.180. The summed E-state index contributed by atoms with van der Waals surface area (Å²) in [5, 5.41) is 33.9. The van der Waals surface area contributed by atoms with Gasteiger partial charge in [-0.25, -0.2) is 9.97 Å². The number of rotatable bonds is 9. The highest BCUT2D eigenvalue weighted by Gasteiger charge is 2.36. The van der Waals surface area contributed by atoms with Crippen molar-refractivity contribution in [2.75, 3.05) is 18.4 Å². The lowest BCUT2D eigenvalue weighted by atomic mass is 9.88. The Morgan fingerprint density at radius 3 is 2.52 bits per heavy atom. The van der Waals surface area contributed by atoms with Gasteiger partial charge in [-0.2, -0.15) is 23.7 Å². The normalized spacial score (nSPS) is 14.3. The van der Waals surface area contributed by atoms with Gasteiger partial charge in [0, 0.05) is 32.2 Å². The average Bonchev–Trinajstić information content (AvgIpc) is 3.80. The number of alkyl halides is 3. The molecular weight excluding hydrogens is 595 g/mol. The van der Waals surface area contributed by atoms with E-state index in [4.69, 9.17) is 4.42 Å². The maximum Gasteiger partial charge on any atom is 0.420 e. The second-order valence-corrected chi connectivity index (χ2v) is 11.5. The summed E-state index contributed by atoms with van der Waals surface area (Å²) < 4.78 is 50.5. The molecule has 234 valence electrons. The molecule has 0 amide bonds. The number of nitrogens with one attached hydrogen (secondary N) is 2. The van der Waals surface area contributed by atoms with Gasteiger partial charge in [0.05, 0.1) is 23.1 Å². The smallest absolute Gasteiger partial charge is 0.420 e. The van der Waals surface area contributed by atoms with E-state index in [0.717, 1.165) is 31.7 Å². The van der Waals surface area contributed by atoms with Crippen molar-refractivity contribution in [1.82, 2.24) is 30.0 Å². The Labute approximate surface area is 262 Å². The summed E-state index contributed by atoms with van der Waals surface area (Å²) in [4.78, 5) is 9.08. The zero-order valence-corrected chi connectivity index (χ0v) is 25.2. The van der Waals surface area contributed by atoms with Crippen LogP contribution in [0, 0.1) is 28.1 Å². The maximum absolute atomic E-state index is 14.3. The van der Waals surface area contributed by atoms with Crippen LogP contribution in [0.2, 0.25) is 0 Å². The molecule has 2 aromatic carbocycles. The summed E-state index contributed by atoms with van der Waals surface area (Å²) in [5.41, 5.74) is 1.19. The minimum atomic E-state index is -4.70. The zero-order valence-electron chi connectivity index (χ0n) is 25.2. The van der Waals surface area contributed by atoms with Gasteiger partial charge >= 0.3 is 6.18 Å². The van der Waals surface area contributed by atoms with Crippen LogP contribution >= 0.6 is 0 Å². The average molecular weight is 626 g/mol. The molecule has 1 aliphatic carbocycles. The molecule has 0 spiro atoms. The van der Waals surface area contributed by atoms with E-state index in [9.17, 15) is 23.7 Å². The third-order valence-electron chi connectivity index (χ3n) is 8.26. The molecule has 3 heterocycles. The summed E-state index contributed by atoms with van der Waals surface area (Å²) in [6.07, 6.45) is 0.358. The van der Waals surface area contributed by atoms with Crippen LogP contribution in [0.4, 0.5) is 19.0 Å². The number of aryl methyl sites for hydroxylation is 1. The summed E-state index contributed by atoms with van der Waals surface area (Å²) in [6, 6.07) is 15.8. The zero-order chi connectivity index (χ0) is 32.5. The molecular formula is C33H30F3N9O. The lowest BCUT2D eigenvalue weighted by Crippen LogP contribution is -2.30. The standard InChI is InChI=1S/C33H30F3N9O/c1-3-40-28-14-22(24-10-20(15-37)6-7-23(24)30-44-41-19-45(30)2)13-27(42-28)31-43-26-12-21(11-25(29(26)46-31)33(34,35)36)16-39-18-32(17-38)8-4-5-9-32/h6-7,10-14,19,39H,3-5,8-9,16,18H2,1-2H3,(H,40,42). The van der Waals surface area contributed by atoms with Gasteiger partial charge in [0.15, 0.2) is 11.4 Å². The highest BCUT2D eigenvalue weighted by atomic mass is 19.4. The Bertz CT molecular complexity index is 1990. The molecule has 46 heavy (non-hydrogen) atoms. The van der Waals surface area contributed by atoms with Crippen molar-refractivity contribution in [1.29, 1.82) is 10.5 Å². The fourth-order valence-corrected chi connectivity index (χ4v) is 5.98. The van der Waals surface area contributed by atoms with E-state index < -0.39 is 17.2 Å². The number of halogens is 3. The van der Waals surface area contributed by atoms with Crippen molar-refractivity contribution in [2.24, 2.45) is 12.5 Å². The van der Waals surface area contributed by atoms with Crippen LogP contribution < -0.4 is 10.6 Å². The SMILES string of the molecule is CCNc1cc(-c2cc(C#N)ccc2-c2nncn2C)cc(-c2nc3cc(CNCC4(C#N)CCCC4)cc(C(F)(F)F)c3o2)n1. The molecule has 0 unspecified atom stereocenters. The molecule has 0 saturated heterocycles. The fourth-order valence-electron chi connectivity index (χ4n) is 5.98. The van der Waals surface area contributed by atoms with Crippen LogP contribution in [-0.4, -0.2) is 37.8 Å². The Morgan fingerprint density at radius 2 is 1.85 bits per heavy atom. The molecule has 5 aromatic rings. The summed E-state index contributed by atoms with van der Waals surface area (Å²) >= 11 is 0. The van der Waals surface area contributed by atoms with E-state index in [0.29, 0.717) is 52.5 Å². The number of nitrogens with zero attached hydrogens (tertiary/aromatic N) is 7. The van der Waals surface area contributed by atoms with Gasteiger partial charge in [0.25, 0.3) is 0 Å². The Morgan fingerprint density at radius 1 is 1.04 bits per heavy atom. The van der Waals surface area contributed by atoms with E-state index in [1.54, 1.807) is 54.3 Å². The molecule has 13 heteroatoms. The Kier molecular flexibility index (Phi) is 8.19. The third kappa shape index (κ3) is 6.02. The monoisotopic (exact) mass is 625 g/mol. The number of benzene rings is 2. The highest BCUT2D eigenvalue weighted by Crippen LogP contribution is 2.40. The molecule has 10 nitrogen and oxygen atoms in total. The molecule has 0 aliphatic heterocycles. The first kappa shape index (κ1) is 30.7. The number of hydrogen-bond donors (Lipinski definition) is 2. The van der Waals surface area contributed by atoms with Crippen LogP contribution in [-0.2, 0) is 19.8 Å². The molecule has 3 aromatic heterocycles. The molecule has 1 aliphatic rings. The highest BCUT2D eigenvalue weighted by molar-refractivity contribution is 5.85. The van der Waals surface area contributed by atoms with Gasteiger partial charge < -0.3 is 19.6 Å². The van der Waals surface area contributed by atoms with Gasteiger partial charge in [0.1, 0.15) is 28.9 Å². The van der Waals surface area contributed by atoms with E-state index >= 15 is 0 Å². The summed E-state index contributed by atoms with van der Waals surface area (Å²) in [7, 11) is 1.80. The molecule has 1 saturated carbocycles. The molecule has 2 N–H and O–H groups in total. The van der Waals surface area contributed by atoms with Crippen LogP contribution in [0.3, 0.4) is 0 Å². The van der Waals surface area contributed by atoms with Gasteiger partial charge in [-0.15, -0.1) is 10.2 Å². The molecule has 6 rings (SSSR count). The third-order valence-corrected chi connectivity index (χ3v) is 8.26.